The van der Waals surface area contributed by atoms with Gasteiger partial charge in [0.2, 0.25) is 0 Å². The minimum atomic E-state index is 0.309. The highest BCUT2D eigenvalue weighted by molar-refractivity contribution is 5.35. The number of nitrogens with zero attached hydrogens (tertiary/aromatic N) is 1. The highest BCUT2D eigenvalue weighted by Gasteiger charge is 2.24. The zero-order chi connectivity index (χ0) is 8.55. The van der Waals surface area contributed by atoms with E-state index in [1.165, 1.54) is 5.57 Å². The summed E-state index contributed by atoms with van der Waals surface area (Å²) in [6, 6.07) is 2.01. The summed E-state index contributed by atoms with van der Waals surface area (Å²) in [5, 5.41) is 8.59. The van der Waals surface area contributed by atoms with E-state index < -0.39 is 0 Å². The first kappa shape index (κ1) is 7.17. The molecule has 0 N–H and O–H groups in total. The molecule has 0 radical (unpaired) electrons. The summed E-state index contributed by atoms with van der Waals surface area (Å²) in [6.07, 6.45) is 7.00. The largest absolute Gasteiger partial charge is 0.450 e. The van der Waals surface area contributed by atoms with Crippen LogP contribution < -0.4 is 0 Å². The van der Waals surface area contributed by atoms with Gasteiger partial charge >= 0.3 is 0 Å². The molecule has 1 unspecified atom stereocenters. The fraction of sp³-hybridized carbons (Fsp3) is 0.300. The van der Waals surface area contributed by atoms with Crippen LogP contribution in [-0.4, -0.2) is 0 Å². The fourth-order valence-corrected chi connectivity index (χ4v) is 1.48. The Hall–Kier alpha value is -1.49. The van der Waals surface area contributed by atoms with E-state index in [0.29, 0.717) is 11.7 Å². The molecule has 2 aliphatic rings. The molecular weight excluding hydrogens is 150 g/mol. The predicted molar refractivity (Wildman–Crippen MR) is 44.7 cm³/mol. The second-order valence-electron chi connectivity index (χ2n) is 3.08. The first-order valence-electron chi connectivity index (χ1n) is 3.98. The average Bonchev–Trinajstić information content (AvgIpc) is 2.46. The molecule has 2 heteroatoms. The van der Waals surface area contributed by atoms with Gasteiger partial charge in [0.1, 0.15) is 11.8 Å². The minimum absolute atomic E-state index is 0.309. The number of hydrogen-bond acceptors (Lipinski definition) is 2. The smallest absolute Gasteiger partial charge is 0.200 e. The Morgan fingerprint density at radius 1 is 1.67 bits per heavy atom. The summed E-state index contributed by atoms with van der Waals surface area (Å²) < 4.78 is 5.31. The Morgan fingerprint density at radius 2 is 2.50 bits per heavy atom. The molecule has 0 saturated carbocycles. The molecule has 0 spiro atoms. The molecule has 1 aliphatic heterocycles. The SMILES string of the molecule is CC1=CCC2C=C(C#N)OC2=C1. The van der Waals surface area contributed by atoms with Crippen molar-refractivity contribution in [3.05, 3.63) is 35.3 Å². The van der Waals surface area contributed by atoms with Gasteiger partial charge < -0.3 is 4.74 Å². The number of ether oxygens (including phenoxy) is 1. The minimum Gasteiger partial charge on any atom is -0.450 e. The molecule has 0 saturated heterocycles. The van der Waals surface area contributed by atoms with Crippen LogP contribution in [0.25, 0.3) is 0 Å². The molecule has 1 aliphatic carbocycles. The van der Waals surface area contributed by atoms with Gasteiger partial charge in [0.15, 0.2) is 5.76 Å². The summed E-state index contributed by atoms with van der Waals surface area (Å²) in [7, 11) is 0. The lowest BCUT2D eigenvalue weighted by molar-refractivity contribution is 0.318. The van der Waals surface area contributed by atoms with Crippen molar-refractivity contribution in [3.63, 3.8) is 0 Å². The summed E-state index contributed by atoms with van der Waals surface area (Å²) in [6.45, 7) is 2.04. The topological polar surface area (TPSA) is 33.0 Å². The molecule has 0 amide bonds. The Balaban J connectivity index is 2.27. The van der Waals surface area contributed by atoms with Crippen molar-refractivity contribution in [1.29, 1.82) is 5.26 Å². The van der Waals surface area contributed by atoms with Crippen LogP contribution in [0, 0.1) is 17.2 Å². The highest BCUT2D eigenvalue weighted by Crippen LogP contribution is 2.33. The van der Waals surface area contributed by atoms with E-state index in [1.807, 2.05) is 25.1 Å². The van der Waals surface area contributed by atoms with E-state index in [2.05, 4.69) is 6.08 Å². The molecule has 0 aromatic heterocycles. The standard InChI is InChI=1S/C10H9NO/c1-7-2-3-8-5-9(6-11)12-10(8)4-7/h2,4-5,8H,3H2,1H3. The lowest BCUT2D eigenvalue weighted by atomic mass is 9.96. The number of hydrogen-bond donors (Lipinski definition) is 0. The van der Waals surface area contributed by atoms with Crippen molar-refractivity contribution in [2.45, 2.75) is 13.3 Å². The third-order valence-corrected chi connectivity index (χ3v) is 2.12. The first-order chi connectivity index (χ1) is 5.79. The maximum absolute atomic E-state index is 8.59. The van der Waals surface area contributed by atoms with Gasteiger partial charge in [0, 0.05) is 5.92 Å². The van der Waals surface area contributed by atoms with Gasteiger partial charge in [-0.25, -0.2) is 0 Å². The summed E-state index contributed by atoms with van der Waals surface area (Å²) in [5.74, 6) is 1.67. The van der Waals surface area contributed by atoms with Gasteiger partial charge in [-0.1, -0.05) is 11.6 Å². The second kappa shape index (κ2) is 2.53. The molecule has 2 nitrogen and oxygen atoms in total. The quantitative estimate of drug-likeness (QED) is 0.543. The van der Waals surface area contributed by atoms with E-state index in [9.17, 15) is 0 Å². The van der Waals surface area contributed by atoms with Crippen molar-refractivity contribution in [2.75, 3.05) is 0 Å². The van der Waals surface area contributed by atoms with Crippen molar-refractivity contribution >= 4 is 0 Å². The summed E-state index contributed by atoms with van der Waals surface area (Å²) in [4.78, 5) is 0. The van der Waals surface area contributed by atoms with Gasteiger partial charge in [0.05, 0.1) is 0 Å². The maximum atomic E-state index is 8.59. The van der Waals surface area contributed by atoms with Crippen molar-refractivity contribution in [3.8, 4) is 6.07 Å². The normalized spacial score (nSPS) is 26.0. The second-order valence-corrected chi connectivity index (χ2v) is 3.08. The summed E-state index contributed by atoms with van der Waals surface area (Å²) in [5.41, 5.74) is 1.22. The van der Waals surface area contributed by atoms with Gasteiger partial charge in [-0.15, -0.1) is 0 Å². The molecule has 2 rings (SSSR count). The third kappa shape index (κ3) is 1.04. The van der Waals surface area contributed by atoms with E-state index in [1.54, 1.807) is 0 Å². The molecule has 0 bridgehead atoms. The Bertz CT molecular complexity index is 341. The Labute approximate surface area is 71.4 Å². The first-order valence-corrected chi connectivity index (χ1v) is 3.98. The average molecular weight is 159 g/mol. The van der Waals surface area contributed by atoms with Crippen molar-refractivity contribution < 1.29 is 4.74 Å². The Morgan fingerprint density at radius 3 is 3.25 bits per heavy atom. The van der Waals surface area contributed by atoms with Gasteiger partial charge in [-0.05, 0) is 25.5 Å². The van der Waals surface area contributed by atoms with Crippen LogP contribution >= 0.6 is 0 Å². The van der Waals surface area contributed by atoms with Crippen molar-refractivity contribution in [1.82, 2.24) is 0 Å². The number of nitriles is 1. The molecule has 0 aromatic carbocycles. The zero-order valence-corrected chi connectivity index (χ0v) is 6.87. The number of fused-ring (bicyclic) bond motifs is 1. The molecule has 12 heavy (non-hydrogen) atoms. The predicted octanol–water partition coefficient (Wildman–Crippen LogP) is 2.27. The number of rotatable bonds is 0. The van der Waals surface area contributed by atoms with Crippen LogP contribution in [0.3, 0.4) is 0 Å². The van der Waals surface area contributed by atoms with E-state index >= 15 is 0 Å². The molecule has 1 heterocycles. The fourth-order valence-electron chi connectivity index (χ4n) is 1.48. The van der Waals surface area contributed by atoms with E-state index in [0.717, 1.165) is 12.2 Å². The van der Waals surface area contributed by atoms with E-state index in [4.69, 9.17) is 10.00 Å². The van der Waals surface area contributed by atoms with Gasteiger partial charge in [-0.2, -0.15) is 5.26 Å². The molecule has 60 valence electrons. The monoisotopic (exact) mass is 159 g/mol. The van der Waals surface area contributed by atoms with Crippen LogP contribution in [0.4, 0.5) is 0 Å². The van der Waals surface area contributed by atoms with Crippen LogP contribution in [-0.2, 0) is 4.74 Å². The molecule has 0 aromatic rings. The lowest BCUT2D eigenvalue weighted by Gasteiger charge is -2.12. The van der Waals surface area contributed by atoms with Crippen LogP contribution in [0.15, 0.2) is 35.3 Å². The summed E-state index contributed by atoms with van der Waals surface area (Å²) >= 11 is 0. The third-order valence-electron chi connectivity index (χ3n) is 2.12. The van der Waals surface area contributed by atoms with E-state index in [-0.39, 0.29) is 0 Å². The van der Waals surface area contributed by atoms with Crippen LogP contribution in [0.1, 0.15) is 13.3 Å². The number of allylic oxidation sites excluding steroid dienone is 5. The van der Waals surface area contributed by atoms with Crippen LogP contribution in [0.5, 0.6) is 0 Å². The highest BCUT2D eigenvalue weighted by atomic mass is 16.5. The zero-order valence-electron chi connectivity index (χ0n) is 6.87. The van der Waals surface area contributed by atoms with Gasteiger partial charge in [-0.3, -0.25) is 0 Å². The van der Waals surface area contributed by atoms with Gasteiger partial charge in [0.25, 0.3) is 0 Å². The lowest BCUT2D eigenvalue weighted by Crippen LogP contribution is -2.00. The Kier molecular flexibility index (Phi) is 1.51. The van der Waals surface area contributed by atoms with Crippen LogP contribution in [0.2, 0.25) is 0 Å². The maximum Gasteiger partial charge on any atom is 0.200 e. The molecule has 0 fully saturated rings. The molecular formula is C10H9NO. The van der Waals surface area contributed by atoms with Crippen molar-refractivity contribution in [2.24, 2.45) is 5.92 Å². The molecule has 1 atom stereocenters.